The van der Waals surface area contributed by atoms with E-state index < -0.39 is 5.41 Å². The zero-order valence-electron chi connectivity index (χ0n) is 15.2. The maximum absolute atomic E-state index is 13.3. The SMILES string of the molecule is C[C@@H]1CN(c2ccnn3cc(-c4cn(C)nn4)cc23)C(=O)[C@]1(C#N)C1CC1. The van der Waals surface area contributed by atoms with E-state index >= 15 is 0 Å². The van der Waals surface area contributed by atoms with Gasteiger partial charge in [0.05, 0.1) is 23.5 Å². The van der Waals surface area contributed by atoms with E-state index in [0.29, 0.717) is 6.54 Å². The van der Waals surface area contributed by atoms with Gasteiger partial charge in [-0.05, 0) is 30.9 Å². The number of amides is 1. The van der Waals surface area contributed by atoms with Crippen molar-refractivity contribution in [2.24, 2.45) is 24.3 Å². The van der Waals surface area contributed by atoms with E-state index in [4.69, 9.17) is 0 Å². The Balaban J connectivity index is 1.60. The van der Waals surface area contributed by atoms with Crippen molar-refractivity contribution in [3.63, 3.8) is 0 Å². The summed E-state index contributed by atoms with van der Waals surface area (Å²) >= 11 is 0. The van der Waals surface area contributed by atoms with Crippen molar-refractivity contribution in [3.8, 4) is 17.3 Å². The molecule has 1 aliphatic heterocycles. The van der Waals surface area contributed by atoms with E-state index in [1.807, 2.05) is 38.5 Å². The molecular weight excluding hydrogens is 342 g/mol. The molecule has 4 heterocycles. The molecule has 0 bridgehead atoms. The van der Waals surface area contributed by atoms with Gasteiger partial charge < -0.3 is 4.90 Å². The summed E-state index contributed by atoms with van der Waals surface area (Å²) in [5, 5.41) is 22.4. The minimum absolute atomic E-state index is 0.00476. The highest BCUT2D eigenvalue weighted by Crippen LogP contribution is 2.54. The van der Waals surface area contributed by atoms with Gasteiger partial charge in [-0.1, -0.05) is 12.1 Å². The summed E-state index contributed by atoms with van der Waals surface area (Å²) in [4.78, 5) is 15.1. The normalized spacial score (nSPS) is 25.3. The first kappa shape index (κ1) is 16.0. The van der Waals surface area contributed by atoms with Crippen LogP contribution in [-0.4, -0.2) is 37.1 Å². The van der Waals surface area contributed by atoms with Crippen molar-refractivity contribution in [2.75, 3.05) is 11.4 Å². The molecule has 1 saturated heterocycles. The lowest BCUT2D eigenvalue weighted by molar-refractivity contribution is -0.124. The van der Waals surface area contributed by atoms with E-state index in [1.165, 1.54) is 0 Å². The van der Waals surface area contributed by atoms with Gasteiger partial charge in [-0.15, -0.1) is 5.10 Å². The Bertz CT molecular complexity index is 1100. The third-order valence-corrected chi connectivity index (χ3v) is 5.91. The highest BCUT2D eigenvalue weighted by atomic mass is 16.2. The molecule has 2 atom stereocenters. The molecule has 1 aliphatic carbocycles. The number of aromatic nitrogens is 5. The molecule has 3 aromatic rings. The second-order valence-electron chi connectivity index (χ2n) is 7.62. The van der Waals surface area contributed by atoms with Crippen molar-refractivity contribution >= 4 is 17.1 Å². The van der Waals surface area contributed by atoms with Gasteiger partial charge in [-0.3, -0.25) is 9.48 Å². The summed E-state index contributed by atoms with van der Waals surface area (Å²) in [5.41, 5.74) is 2.36. The van der Waals surface area contributed by atoms with Crippen LogP contribution in [0.5, 0.6) is 0 Å². The van der Waals surface area contributed by atoms with E-state index in [2.05, 4.69) is 21.5 Å². The molecule has 2 fully saturated rings. The van der Waals surface area contributed by atoms with E-state index in [1.54, 1.807) is 20.3 Å². The minimum Gasteiger partial charge on any atom is -0.309 e. The van der Waals surface area contributed by atoms with E-state index in [-0.39, 0.29) is 17.7 Å². The molecule has 8 heteroatoms. The summed E-state index contributed by atoms with van der Waals surface area (Å²) in [7, 11) is 1.82. The van der Waals surface area contributed by atoms with Crippen molar-refractivity contribution < 1.29 is 4.79 Å². The predicted octanol–water partition coefficient (Wildman–Crippen LogP) is 2.03. The molecule has 0 radical (unpaired) electrons. The molecule has 27 heavy (non-hydrogen) atoms. The quantitative estimate of drug-likeness (QED) is 0.712. The number of aryl methyl sites for hydroxylation is 1. The number of fused-ring (bicyclic) bond motifs is 1. The third kappa shape index (κ3) is 2.14. The van der Waals surface area contributed by atoms with Gasteiger partial charge in [-0.25, -0.2) is 4.52 Å². The fourth-order valence-corrected chi connectivity index (χ4v) is 4.36. The molecule has 1 saturated carbocycles. The molecule has 3 aromatic heterocycles. The number of carbonyl (C=O) groups is 1. The molecule has 136 valence electrons. The lowest BCUT2D eigenvalue weighted by Gasteiger charge is -2.23. The second kappa shape index (κ2) is 5.39. The van der Waals surface area contributed by atoms with Gasteiger partial charge in [0.25, 0.3) is 0 Å². The highest BCUT2D eigenvalue weighted by Gasteiger charge is 2.61. The van der Waals surface area contributed by atoms with E-state index in [0.717, 1.165) is 35.3 Å². The van der Waals surface area contributed by atoms with Crippen LogP contribution in [0.4, 0.5) is 5.69 Å². The Hall–Kier alpha value is -3.21. The molecule has 2 aliphatic rings. The molecule has 8 nitrogen and oxygen atoms in total. The number of nitrogens with zero attached hydrogens (tertiary/aromatic N) is 7. The Morgan fingerprint density at radius 2 is 2.15 bits per heavy atom. The molecule has 0 aromatic carbocycles. The summed E-state index contributed by atoms with van der Waals surface area (Å²) in [6.07, 6.45) is 7.33. The standard InChI is InChI=1S/C19H19N7O/c1-12-8-25(18(27)19(12,11-20)14-3-4-14)16-5-6-21-26-9-13(7-17(16)26)15-10-24(2)23-22-15/h5-7,9-10,12,14H,3-4,8H2,1-2H3/t12-,19+/m1/s1. The van der Waals surface area contributed by atoms with Crippen LogP contribution in [0.15, 0.2) is 30.7 Å². The maximum Gasteiger partial charge on any atom is 0.248 e. The van der Waals surface area contributed by atoms with Gasteiger partial charge in [0.1, 0.15) is 11.1 Å². The number of rotatable bonds is 3. The Morgan fingerprint density at radius 3 is 2.81 bits per heavy atom. The van der Waals surface area contributed by atoms with Crippen molar-refractivity contribution in [2.45, 2.75) is 19.8 Å². The predicted molar refractivity (Wildman–Crippen MR) is 97.5 cm³/mol. The smallest absolute Gasteiger partial charge is 0.248 e. The van der Waals surface area contributed by atoms with Crippen molar-refractivity contribution in [1.29, 1.82) is 5.26 Å². The number of carbonyl (C=O) groups excluding carboxylic acids is 1. The van der Waals surface area contributed by atoms with Crippen LogP contribution in [0, 0.1) is 28.6 Å². The number of nitriles is 1. The Kier molecular flexibility index (Phi) is 3.20. The van der Waals surface area contributed by atoms with Gasteiger partial charge in [0.2, 0.25) is 5.91 Å². The summed E-state index contributed by atoms with van der Waals surface area (Å²) in [5.74, 6) is 0.121. The molecule has 0 N–H and O–H groups in total. The van der Waals surface area contributed by atoms with Crippen LogP contribution >= 0.6 is 0 Å². The Morgan fingerprint density at radius 1 is 1.33 bits per heavy atom. The summed E-state index contributed by atoms with van der Waals surface area (Å²) < 4.78 is 3.40. The fraction of sp³-hybridized carbons (Fsp3) is 0.421. The molecule has 0 unspecified atom stereocenters. The second-order valence-corrected chi connectivity index (χ2v) is 7.62. The first-order valence-electron chi connectivity index (χ1n) is 9.12. The molecular formula is C19H19N7O. The van der Waals surface area contributed by atoms with E-state index in [9.17, 15) is 10.1 Å². The van der Waals surface area contributed by atoms with Crippen LogP contribution < -0.4 is 4.90 Å². The first-order valence-corrected chi connectivity index (χ1v) is 9.12. The van der Waals surface area contributed by atoms with Gasteiger partial charge >= 0.3 is 0 Å². The Labute approximate surface area is 156 Å². The first-order chi connectivity index (χ1) is 13.0. The summed E-state index contributed by atoms with van der Waals surface area (Å²) in [6, 6.07) is 6.20. The maximum atomic E-state index is 13.3. The lowest BCUT2D eigenvalue weighted by Crippen LogP contribution is -2.37. The van der Waals surface area contributed by atoms with Gasteiger partial charge in [0.15, 0.2) is 0 Å². The van der Waals surface area contributed by atoms with Gasteiger partial charge in [0, 0.05) is 37.5 Å². The number of anilines is 1. The lowest BCUT2D eigenvalue weighted by atomic mass is 9.75. The molecule has 1 amide bonds. The monoisotopic (exact) mass is 361 g/mol. The van der Waals surface area contributed by atoms with Crippen LogP contribution in [-0.2, 0) is 11.8 Å². The number of hydrogen-bond acceptors (Lipinski definition) is 5. The summed E-state index contributed by atoms with van der Waals surface area (Å²) in [6.45, 7) is 2.56. The van der Waals surface area contributed by atoms with Crippen LogP contribution in [0.1, 0.15) is 19.8 Å². The molecule has 0 spiro atoms. The van der Waals surface area contributed by atoms with Gasteiger partial charge in [-0.2, -0.15) is 10.4 Å². The number of hydrogen-bond donors (Lipinski definition) is 0. The largest absolute Gasteiger partial charge is 0.309 e. The molecule has 5 rings (SSSR count). The van der Waals surface area contributed by atoms with Crippen LogP contribution in [0.25, 0.3) is 16.8 Å². The highest BCUT2D eigenvalue weighted by molar-refractivity contribution is 6.05. The third-order valence-electron chi connectivity index (χ3n) is 5.91. The fourth-order valence-electron chi connectivity index (χ4n) is 4.36. The van der Waals surface area contributed by atoms with Crippen molar-refractivity contribution in [3.05, 3.63) is 30.7 Å². The topological polar surface area (TPSA) is 92.1 Å². The average Bonchev–Trinajstić information content (AvgIpc) is 3.16. The zero-order valence-corrected chi connectivity index (χ0v) is 15.2. The van der Waals surface area contributed by atoms with Crippen LogP contribution in [0.2, 0.25) is 0 Å². The minimum atomic E-state index is -0.888. The average molecular weight is 361 g/mol. The zero-order chi connectivity index (χ0) is 18.8. The van der Waals surface area contributed by atoms with Crippen molar-refractivity contribution in [1.82, 2.24) is 24.6 Å². The van der Waals surface area contributed by atoms with Crippen LogP contribution in [0.3, 0.4) is 0 Å².